The van der Waals surface area contributed by atoms with Crippen LogP contribution in [0.2, 0.25) is 0 Å². The van der Waals surface area contributed by atoms with Crippen LogP contribution >= 0.6 is 45.2 Å². The molecule has 9 heteroatoms. The van der Waals surface area contributed by atoms with Crippen molar-refractivity contribution in [1.82, 2.24) is 4.98 Å². The number of nitrogens with zero attached hydrogens (tertiary/aromatic N) is 2. The number of alkyl halides is 3. The van der Waals surface area contributed by atoms with Crippen molar-refractivity contribution in [1.29, 1.82) is 0 Å². The largest absolute Gasteiger partial charge is 0.487 e. The summed E-state index contributed by atoms with van der Waals surface area (Å²) in [4.78, 5) is 3.72. The highest BCUT2D eigenvalue weighted by Gasteiger charge is 2.30. The molecule has 2 aromatic carbocycles. The number of aromatic nitrogens is 1. The van der Waals surface area contributed by atoms with E-state index in [-0.39, 0.29) is 5.82 Å². The Balaban J connectivity index is 1.63. The van der Waals surface area contributed by atoms with Gasteiger partial charge in [-0.2, -0.15) is 18.3 Å². The number of hydrazone groups is 1. The van der Waals surface area contributed by atoms with Crippen molar-refractivity contribution >= 4 is 57.2 Å². The Bertz CT molecular complexity index is 1010. The van der Waals surface area contributed by atoms with Crippen molar-refractivity contribution in [3.05, 3.63) is 84.1 Å². The highest BCUT2D eigenvalue weighted by Crippen LogP contribution is 2.30. The second kappa shape index (κ2) is 9.94. The second-order valence-corrected chi connectivity index (χ2v) is 8.71. The predicted molar refractivity (Wildman–Crippen MR) is 128 cm³/mol. The van der Waals surface area contributed by atoms with Crippen molar-refractivity contribution < 1.29 is 17.9 Å². The van der Waals surface area contributed by atoms with Gasteiger partial charge in [-0.3, -0.25) is 5.43 Å². The summed E-state index contributed by atoms with van der Waals surface area (Å²) in [6, 6.07) is 14.2. The minimum atomic E-state index is -4.41. The smallest absolute Gasteiger partial charge is 0.417 e. The summed E-state index contributed by atoms with van der Waals surface area (Å²) in [6.45, 7) is 2.51. The minimum Gasteiger partial charge on any atom is -0.487 e. The molecule has 0 unspecified atom stereocenters. The maximum atomic E-state index is 12.6. The molecule has 0 radical (unpaired) electrons. The van der Waals surface area contributed by atoms with Crippen LogP contribution in [0.4, 0.5) is 19.0 Å². The number of pyridine rings is 1. The summed E-state index contributed by atoms with van der Waals surface area (Å²) in [5.41, 5.74) is 4.94. The van der Waals surface area contributed by atoms with Gasteiger partial charge in [0.2, 0.25) is 0 Å². The highest BCUT2D eigenvalue weighted by molar-refractivity contribution is 14.1. The van der Waals surface area contributed by atoms with Crippen LogP contribution in [-0.2, 0) is 12.8 Å². The van der Waals surface area contributed by atoms with Gasteiger partial charge in [0.05, 0.1) is 18.9 Å². The van der Waals surface area contributed by atoms with E-state index in [1.807, 2.05) is 43.3 Å². The van der Waals surface area contributed by atoms with Gasteiger partial charge in [0.1, 0.15) is 18.2 Å². The first-order valence-corrected chi connectivity index (χ1v) is 10.9. The molecule has 0 saturated heterocycles. The molecule has 4 nitrogen and oxygen atoms in total. The van der Waals surface area contributed by atoms with Gasteiger partial charge in [-0.25, -0.2) is 4.98 Å². The van der Waals surface area contributed by atoms with E-state index in [2.05, 4.69) is 60.7 Å². The predicted octanol–water partition coefficient (Wildman–Crippen LogP) is 6.64. The molecule has 0 amide bonds. The summed E-state index contributed by atoms with van der Waals surface area (Å²) in [5.74, 6) is 1.02. The van der Waals surface area contributed by atoms with Gasteiger partial charge in [-0.15, -0.1) is 0 Å². The molecule has 3 aromatic rings. The molecular weight excluding hydrogens is 621 g/mol. The van der Waals surface area contributed by atoms with E-state index in [1.165, 1.54) is 11.6 Å². The third-order valence-corrected chi connectivity index (χ3v) is 5.61. The van der Waals surface area contributed by atoms with Gasteiger partial charge in [0.15, 0.2) is 0 Å². The molecule has 1 aromatic heterocycles. The molecule has 0 saturated carbocycles. The summed E-state index contributed by atoms with van der Waals surface area (Å²) >= 11 is 4.41. The Morgan fingerprint density at radius 3 is 2.30 bits per heavy atom. The van der Waals surface area contributed by atoms with Gasteiger partial charge in [0.25, 0.3) is 0 Å². The van der Waals surface area contributed by atoms with Crippen LogP contribution in [0, 0.1) is 14.1 Å². The summed E-state index contributed by atoms with van der Waals surface area (Å²) < 4.78 is 45.5. The summed E-state index contributed by atoms with van der Waals surface area (Å²) in [5, 5.41) is 4.05. The van der Waals surface area contributed by atoms with E-state index >= 15 is 0 Å². The first-order valence-electron chi connectivity index (χ1n) is 8.72. The maximum Gasteiger partial charge on any atom is 0.417 e. The molecule has 0 aliphatic carbocycles. The van der Waals surface area contributed by atoms with E-state index in [1.54, 1.807) is 6.21 Å². The van der Waals surface area contributed by atoms with Gasteiger partial charge in [-0.05, 0) is 87.5 Å². The molecule has 30 heavy (non-hydrogen) atoms. The second-order valence-electron chi connectivity index (χ2n) is 6.39. The number of aryl methyl sites for hydroxylation is 1. The third-order valence-electron chi connectivity index (χ3n) is 4.01. The summed E-state index contributed by atoms with van der Waals surface area (Å²) in [7, 11) is 0. The van der Waals surface area contributed by atoms with E-state index in [0.29, 0.717) is 6.61 Å². The highest BCUT2D eigenvalue weighted by atomic mass is 127. The Labute approximate surface area is 199 Å². The monoisotopic (exact) mass is 637 g/mol. The van der Waals surface area contributed by atoms with E-state index in [4.69, 9.17) is 4.74 Å². The molecule has 1 N–H and O–H groups in total. The summed E-state index contributed by atoms with van der Waals surface area (Å²) in [6.07, 6.45) is -2.07. The number of ether oxygens (including phenoxy) is 1. The normalized spacial score (nSPS) is 11.7. The third kappa shape index (κ3) is 6.30. The number of anilines is 1. The van der Waals surface area contributed by atoms with Crippen molar-refractivity contribution in [2.45, 2.75) is 19.7 Å². The quantitative estimate of drug-likeness (QED) is 0.187. The molecular formula is C21H16F3I2N3O. The van der Waals surface area contributed by atoms with Gasteiger partial charge < -0.3 is 4.74 Å². The van der Waals surface area contributed by atoms with Crippen LogP contribution in [0.5, 0.6) is 5.75 Å². The number of rotatable bonds is 6. The van der Waals surface area contributed by atoms with Crippen molar-refractivity contribution in [2.75, 3.05) is 5.43 Å². The van der Waals surface area contributed by atoms with Crippen LogP contribution in [0.25, 0.3) is 0 Å². The fourth-order valence-electron chi connectivity index (χ4n) is 2.43. The fraction of sp³-hybridized carbons (Fsp3) is 0.143. The van der Waals surface area contributed by atoms with Crippen LogP contribution in [-0.4, -0.2) is 11.2 Å². The number of benzene rings is 2. The lowest BCUT2D eigenvalue weighted by molar-refractivity contribution is -0.137. The first-order chi connectivity index (χ1) is 14.2. The SMILES string of the molecule is Cc1ccc(COc2c(I)cc(/C=N\Nc3ccc(C(F)(F)F)cn3)cc2I)cc1. The van der Waals surface area contributed by atoms with E-state index in [0.717, 1.165) is 36.3 Å². The Kier molecular flexibility index (Phi) is 7.55. The number of halogens is 5. The molecule has 1 heterocycles. The average Bonchev–Trinajstić information content (AvgIpc) is 2.68. The number of nitrogens with one attached hydrogen (secondary N) is 1. The average molecular weight is 637 g/mol. The van der Waals surface area contributed by atoms with Gasteiger partial charge in [0, 0.05) is 6.20 Å². The number of hydrogen-bond donors (Lipinski definition) is 1. The molecule has 0 atom stereocenters. The zero-order valence-corrected chi connectivity index (χ0v) is 20.0. The van der Waals surface area contributed by atoms with Crippen molar-refractivity contribution in [2.24, 2.45) is 5.10 Å². The van der Waals surface area contributed by atoms with Gasteiger partial charge in [-0.1, -0.05) is 29.8 Å². The molecule has 0 fully saturated rings. The topological polar surface area (TPSA) is 46.5 Å². The molecule has 0 spiro atoms. The fourth-order valence-corrected chi connectivity index (χ4v) is 4.56. The Morgan fingerprint density at radius 2 is 1.73 bits per heavy atom. The lowest BCUT2D eigenvalue weighted by atomic mass is 10.2. The number of hydrogen-bond acceptors (Lipinski definition) is 4. The van der Waals surface area contributed by atoms with Gasteiger partial charge >= 0.3 is 6.18 Å². The lowest BCUT2D eigenvalue weighted by Crippen LogP contribution is -2.05. The Hall–Kier alpha value is -1.89. The van der Waals surface area contributed by atoms with Crippen LogP contribution in [0.3, 0.4) is 0 Å². The molecule has 0 aliphatic rings. The van der Waals surface area contributed by atoms with Crippen LogP contribution < -0.4 is 10.2 Å². The maximum absolute atomic E-state index is 12.6. The van der Waals surface area contributed by atoms with Crippen molar-refractivity contribution in [3.63, 3.8) is 0 Å². The standard InChI is InChI=1S/C21H16F3I2N3O/c1-13-2-4-14(5-3-13)12-30-20-17(25)8-15(9-18(20)26)10-28-29-19-7-6-16(11-27-19)21(22,23)24/h2-11H,12H2,1H3,(H,27,29)/b28-10-. The molecule has 0 bridgehead atoms. The van der Waals surface area contributed by atoms with E-state index < -0.39 is 11.7 Å². The van der Waals surface area contributed by atoms with E-state index in [9.17, 15) is 13.2 Å². The zero-order chi connectivity index (χ0) is 21.7. The minimum absolute atomic E-state index is 0.224. The molecule has 156 valence electrons. The first kappa shape index (κ1) is 22.8. The van der Waals surface area contributed by atoms with Crippen LogP contribution in [0.15, 0.2) is 59.8 Å². The van der Waals surface area contributed by atoms with Crippen LogP contribution in [0.1, 0.15) is 22.3 Å². The Morgan fingerprint density at radius 1 is 1.07 bits per heavy atom. The van der Waals surface area contributed by atoms with Crippen molar-refractivity contribution in [3.8, 4) is 5.75 Å². The molecule has 0 aliphatic heterocycles. The molecule has 3 rings (SSSR count). The zero-order valence-electron chi connectivity index (χ0n) is 15.7. The lowest BCUT2D eigenvalue weighted by Gasteiger charge is -2.11.